The predicted octanol–water partition coefficient (Wildman–Crippen LogP) is 5.20. The zero-order chi connectivity index (χ0) is 16.1. The quantitative estimate of drug-likeness (QED) is 0.789. The van der Waals surface area contributed by atoms with E-state index in [1.807, 2.05) is 18.2 Å². The highest BCUT2D eigenvalue weighted by Gasteiger charge is 2.51. The smallest absolute Gasteiger partial charge is 0.218 e. The number of furan rings is 1. The number of nitrogens with zero attached hydrogens (tertiary/aromatic N) is 1. The van der Waals surface area contributed by atoms with E-state index < -0.39 is 0 Å². The Labute approximate surface area is 142 Å². The lowest BCUT2D eigenvalue weighted by atomic mass is 9.48. The van der Waals surface area contributed by atoms with E-state index >= 15 is 0 Å². The highest BCUT2D eigenvalue weighted by Crippen LogP contribution is 2.60. The maximum Gasteiger partial charge on any atom is 0.218 e. The van der Waals surface area contributed by atoms with Gasteiger partial charge in [0.15, 0.2) is 0 Å². The maximum atomic E-state index is 10.2. The summed E-state index contributed by atoms with van der Waals surface area (Å²) >= 11 is 0. The monoisotopic (exact) mass is 321 g/mol. The molecule has 3 nitrogen and oxygen atoms in total. The summed E-state index contributed by atoms with van der Waals surface area (Å²) in [6.07, 6.45) is 11.7. The third-order valence-corrected chi connectivity index (χ3v) is 6.52. The molecule has 1 aromatic carbocycles. The normalized spacial score (nSPS) is 34.2. The van der Waals surface area contributed by atoms with Crippen molar-refractivity contribution in [1.29, 1.82) is 0 Å². The van der Waals surface area contributed by atoms with Crippen LogP contribution in [0.4, 0.5) is 5.88 Å². The van der Waals surface area contributed by atoms with Crippen LogP contribution in [0.25, 0.3) is 0 Å². The fourth-order valence-electron chi connectivity index (χ4n) is 5.93. The summed E-state index contributed by atoms with van der Waals surface area (Å²) in [6, 6.07) is 9.79. The topological polar surface area (TPSA) is 45.7 Å². The van der Waals surface area contributed by atoms with E-state index in [-0.39, 0.29) is 0 Å². The number of benzene rings is 1. The van der Waals surface area contributed by atoms with E-state index in [0.717, 1.165) is 23.3 Å². The number of hydrogen-bond acceptors (Lipinski definition) is 3. The molecule has 0 unspecified atom stereocenters. The molecule has 4 aliphatic carbocycles. The van der Waals surface area contributed by atoms with E-state index in [0.29, 0.717) is 17.0 Å². The summed E-state index contributed by atoms with van der Waals surface area (Å²) in [4.78, 5) is 4.33. The molecule has 124 valence electrons. The van der Waals surface area contributed by atoms with Crippen LogP contribution in [-0.4, -0.2) is 11.3 Å². The van der Waals surface area contributed by atoms with Crippen LogP contribution in [0.3, 0.4) is 0 Å². The first-order chi connectivity index (χ1) is 11.7. The van der Waals surface area contributed by atoms with Crippen molar-refractivity contribution in [3.8, 4) is 5.75 Å². The Bertz CT molecular complexity index is 740. The average Bonchev–Trinajstić information content (AvgIpc) is 3.06. The second kappa shape index (κ2) is 5.23. The van der Waals surface area contributed by atoms with Gasteiger partial charge in [0.25, 0.3) is 0 Å². The first-order valence-electron chi connectivity index (χ1n) is 9.11. The molecular weight excluding hydrogens is 298 g/mol. The molecule has 0 radical (unpaired) electrons. The van der Waals surface area contributed by atoms with Crippen molar-refractivity contribution in [2.24, 2.45) is 22.7 Å². The lowest BCUT2D eigenvalue weighted by Gasteiger charge is -2.57. The third kappa shape index (κ3) is 2.29. The first kappa shape index (κ1) is 14.3. The molecule has 2 aromatic rings. The zero-order valence-electron chi connectivity index (χ0n) is 13.8. The number of rotatable bonds is 3. The summed E-state index contributed by atoms with van der Waals surface area (Å²) in [5, 5.41) is 10.2. The molecule has 4 bridgehead atoms. The van der Waals surface area contributed by atoms with Gasteiger partial charge in [-0.05, 0) is 85.5 Å². The van der Waals surface area contributed by atoms with Crippen molar-refractivity contribution in [2.45, 2.75) is 43.9 Å². The second-order valence-corrected chi connectivity index (χ2v) is 8.18. The van der Waals surface area contributed by atoms with Crippen LogP contribution in [-0.2, 0) is 5.41 Å². The summed E-state index contributed by atoms with van der Waals surface area (Å²) in [5.41, 5.74) is 2.54. The largest absolute Gasteiger partial charge is 0.507 e. The van der Waals surface area contributed by atoms with Crippen LogP contribution < -0.4 is 0 Å². The van der Waals surface area contributed by atoms with Gasteiger partial charge in [0.1, 0.15) is 5.75 Å². The van der Waals surface area contributed by atoms with Crippen molar-refractivity contribution < 1.29 is 9.52 Å². The first-order valence-corrected chi connectivity index (χ1v) is 9.11. The maximum absolute atomic E-state index is 10.2. The Hall–Kier alpha value is -2.03. The fraction of sp³-hybridized carbons (Fsp3) is 0.476. The highest BCUT2D eigenvalue weighted by atomic mass is 16.3. The van der Waals surface area contributed by atoms with E-state index in [9.17, 15) is 5.11 Å². The van der Waals surface area contributed by atoms with Crippen LogP contribution >= 0.6 is 0 Å². The van der Waals surface area contributed by atoms with Gasteiger partial charge in [0.2, 0.25) is 5.88 Å². The average molecular weight is 321 g/mol. The van der Waals surface area contributed by atoms with E-state index in [1.54, 1.807) is 12.5 Å². The van der Waals surface area contributed by atoms with Crippen LogP contribution in [0.1, 0.15) is 49.7 Å². The molecule has 4 aliphatic rings. The van der Waals surface area contributed by atoms with Crippen molar-refractivity contribution >= 4 is 12.1 Å². The molecule has 1 N–H and O–H groups in total. The van der Waals surface area contributed by atoms with Crippen molar-refractivity contribution in [2.75, 3.05) is 0 Å². The molecule has 0 atom stereocenters. The molecule has 24 heavy (non-hydrogen) atoms. The second-order valence-electron chi connectivity index (χ2n) is 8.18. The van der Waals surface area contributed by atoms with Crippen LogP contribution in [0, 0.1) is 17.8 Å². The Morgan fingerprint density at radius 1 is 1.04 bits per heavy atom. The van der Waals surface area contributed by atoms with E-state index in [4.69, 9.17) is 4.42 Å². The molecule has 4 saturated carbocycles. The number of aromatic hydroxyl groups is 1. The Kier molecular flexibility index (Phi) is 3.12. The molecule has 0 amide bonds. The Morgan fingerprint density at radius 3 is 2.38 bits per heavy atom. The van der Waals surface area contributed by atoms with Crippen LogP contribution in [0.2, 0.25) is 0 Å². The minimum atomic E-state index is 0.291. The Morgan fingerprint density at radius 2 is 1.75 bits per heavy atom. The standard InChI is InChI=1S/C21H23NO2/c23-19-4-3-18(9-17(19)13-22-20-2-1-5-24-20)21-10-14-6-15(11-21)8-16(7-14)12-21/h1-5,9,13-16,23H,6-8,10-12H2. The summed E-state index contributed by atoms with van der Waals surface area (Å²) in [7, 11) is 0. The minimum Gasteiger partial charge on any atom is -0.507 e. The summed E-state index contributed by atoms with van der Waals surface area (Å²) in [6.45, 7) is 0. The third-order valence-electron chi connectivity index (χ3n) is 6.52. The molecule has 0 saturated heterocycles. The van der Waals surface area contributed by atoms with E-state index in [2.05, 4.69) is 17.1 Å². The lowest BCUT2D eigenvalue weighted by Crippen LogP contribution is -2.48. The van der Waals surface area contributed by atoms with Crippen molar-refractivity contribution in [1.82, 2.24) is 0 Å². The van der Waals surface area contributed by atoms with Gasteiger partial charge in [-0.25, -0.2) is 4.99 Å². The van der Waals surface area contributed by atoms with Crippen LogP contribution in [0.15, 0.2) is 46.0 Å². The van der Waals surface area contributed by atoms with Gasteiger partial charge in [-0.15, -0.1) is 0 Å². The van der Waals surface area contributed by atoms with Gasteiger partial charge in [-0.2, -0.15) is 0 Å². The van der Waals surface area contributed by atoms with Gasteiger partial charge in [0, 0.05) is 17.8 Å². The summed E-state index contributed by atoms with van der Waals surface area (Å²) < 4.78 is 5.25. The van der Waals surface area contributed by atoms with Gasteiger partial charge in [-0.1, -0.05) is 6.07 Å². The predicted molar refractivity (Wildman–Crippen MR) is 93.9 cm³/mol. The number of phenolic OH excluding ortho intramolecular Hbond substituents is 1. The Balaban J connectivity index is 1.50. The molecule has 3 heteroatoms. The fourth-order valence-corrected chi connectivity index (χ4v) is 5.93. The molecule has 6 rings (SSSR count). The van der Waals surface area contributed by atoms with Crippen molar-refractivity contribution in [3.05, 3.63) is 47.7 Å². The number of aliphatic imine (C=N–C) groups is 1. The SMILES string of the molecule is Oc1ccc(C23CC4CC(CC(C4)C2)C3)cc1C=Nc1ccco1. The van der Waals surface area contributed by atoms with Crippen molar-refractivity contribution in [3.63, 3.8) is 0 Å². The molecule has 1 heterocycles. The van der Waals surface area contributed by atoms with E-state index in [1.165, 1.54) is 44.1 Å². The molecule has 0 aliphatic heterocycles. The number of phenols is 1. The lowest BCUT2D eigenvalue weighted by molar-refractivity contribution is -0.00520. The van der Waals surface area contributed by atoms with Gasteiger partial charge < -0.3 is 9.52 Å². The zero-order valence-corrected chi connectivity index (χ0v) is 13.8. The van der Waals surface area contributed by atoms with Gasteiger partial charge in [0.05, 0.1) is 6.26 Å². The van der Waals surface area contributed by atoms with Gasteiger partial charge in [-0.3, -0.25) is 0 Å². The number of hydrogen-bond donors (Lipinski definition) is 1. The minimum absolute atomic E-state index is 0.291. The molecule has 0 spiro atoms. The molecule has 4 fully saturated rings. The molecular formula is C21H23NO2. The highest BCUT2D eigenvalue weighted by molar-refractivity contribution is 5.85. The summed E-state index contributed by atoms with van der Waals surface area (Å²) in [5.74, 6) is 3.62. The van der Waals surface area contributed by atoms with Gasteiger partial charge >= 0.3 is 0 Å². The molecule has 1 aromatic heterocycles. The van der Waals surface area contributed by atoms with Crippen LogP contribution in [0.5, 0.6) is 5.75 Å².